The van der Waals surface area contributed by atoms with Crippen molar-refractivity contribution in [3.63, 3.8) is 0 Å². The molecule has 0 radical (unpaired) electrons. The van der Waals surface area contributed by atoms with Crippen molar-refractivity contribution in [3.05, 3.63) is 39.8 Å². The van der Waals surface area contributed by atoms with Gasteiger partial charge in [0.25, 0.3) is 5.91 Å². The maximum Gasteiger partial charge on any atom is 0.342 e. The van der Waals surface area contributed by atoms with E-state index in [9.17, 15) is 14.4 Å². The van der Waals surface area contributed by atoms with Gasteiger partial charge in [-0.1, -0.05) is 11.2 Å². The fourth-order valence-electron chi connectivity index (χ4n) is 2.02. The molecule has 10 nitrogen and oxygen atoms in total. The van der Waals surface area contributed by atoms with E-state index in [-0.39, 0.29) is 23.5 Å². The predicted octanol–water partition coefficient (Wildman–Crippen LogP) is 1.85. The van der Waals surface area contributed by atoms with E-state index in [0.717, 1.165) is 0 Å². The zero-order valence-electron chi connectivity index (χ0n) is 14.6. The van der Waals surface area contributed by atoms with Crippen LogP contribution >= 0.6 is 0 Å². The molecule has 140 valence electrons. The first-order chi connectivity index (χ1) is 12.5. The largest absolute Gasteiger partial charge is 0.483 e. The Balaban J connectivity index is 2.68. The van der Waals surface area contributed by atoms with E-state index in [1.807, 2.05) is 0 Å². The van der Waals surface area contributed by atoms with Gasteiger partial charge in [0.2, 0.25) is 0 Å². The zero-order valence-corrected chi connectivity index (χ0v) is 14.6. The topological polar surface area (TPSA) is 140 Å². The summed E-state index contributed by atoms with van der Waals surface area (Å²) in [6.45, 7) is 0.422. The highest BCUT2D eigenvalue weighted by Crippen LogP contribution is 2.24. The first-order valence-electron chi connectivity index (χ1n) is 7.75. The van der Waals surface area contributed by atoms with Gasteiger partial charge in [-0.05, 0) is 30.5 Å². The van der Waals surface area contributed by atoms with Crippen LogP contribution in [0.15, 0.2) is 23.3 Å². The lowest BCUT2D eigenvalue weighted by Gasteiger charge is -2.13. The zero-order chi connectivity index (χ0) is 19.4. The number of carbonyl (C=O) groups excluding carboxylic acids is 3. The van der Waals surface area contributed by atoms with Gasteiger partial charge in [0.15, 0.2) is 6.61 Å². The van der Waals surface area contributed by atoms with Crippen molar-refractivity contribution in [2.75, 3.05) is 33.9 Å². The molecule has 1 aromatic carbocycles. The van der Waals surface area contributed by atoms with Gasteiger partial charge in [0.05, 0.1) is 19.8 Å². The first-order valence-corrected chi connectivity index (χ1v) is 7.75. The number of hydrogen-bond acceptors (Lipinski definition) is 7. The van der Waals surface area contributed by atoms with Crippen molar-refractivity contribution in [1.82, 2.24) is 5.32 Å². The Bertz CT molecular complexity index is 700. The van der Waals surface area contributed by atoms with Crippen LogP contribution in [-0.4, -0.2) is 51.8 Å². The molecule has 0 atom stereocenters. The maximum atomic E-state index is 12.0. The van der Waals surface area contributed by atoms with E-state index in [1.165, 1.54) is 32.4 Å². The SMILES string of the molecule is COC(=O)c1cccc(OCC(=O)NCCCCN=[N+]=[N-])c1C(=O)OC. The number of nitrogens with zero attached hydrogens (tertiary/aromatic N) is 3. The van der Waals surface area contributed by atoms with Crippen LogP contribution in [0.2, 0.25) is 0 Å². The second-order valence-electron chi connectivity index (χ2n) is 4.96. The molecule has 1 N–H and O–H groups in total. The molecule has 10 heteroatoms. The van der Waals surface area contributed by atoms with Crippen molar-refractivity contribution in [3.8, 4) is 5.75 Å². The Labute approximate surface area is 150 Å². The van der Waals surface area contributed by atoms with Gasteiger partial charge >= 0.3 is 11.9 Å². The van der Waals surface area contributed by atoms with Crippen molar-refractivity contribution < 1.29 is 28.6 Å². The molecule has 0 fully saturated rings. The third kappa shape index (κ3) is 6.33. The summed E-state index contributed by atoms with van der Waals surface area (Å²) >= 11 is 0. The average Bonchev–Trinajstić information content (AvgIpc) is 2.67. The summed E-state index contributed by atoms with van der Waals surface area (Å²) in [4.78, 5) is 38.2. The first kappa shape index (κ1) is 20.8. The van der Waals surface area contributed by atoms with Crippen molar-refractivity contribution in [1.29, 1.82) is 0 Å². The highest BCUT2D eigenvalue weighted by molar-refractivity contribution is 6.05. The molecule has 0 saturated heterocycles. The highest BCUT2D eigenvalue weighted by atomic mass is 16.5. The molecule has 0 aliphatic heterocycles. The molecule has 26 heavy (non-hydrogen) atoms. The summed E-state index contributed by atoms with van der Waals surface area (Å²) in [5.41, 5.74) is 8.02. The fourth-order valence-corrected chi connectivity index (χ4v) is 2.02. The number of amides is 1. The van der Waals surface area contributed by atoms with Gasteiger partial charge in [0.1, 0.15) is 11.3 Å². The van der Waals surface area contributed by atoms with E-state index in [1.54, 1.807) is 0 Å². The van der Waals surface area contributed by atoms with Crippen LogP contribution in [0, 0.1) is 0 Å². The molecule has 1 amide bonds. The Kier molecular flexibility index (Phi) is 9.05. The van der Waals surface area contributed by atoms with Gasteiger partial charge in [-0.2, -0.15) is 0 Å². The summed E-state index contributed by atoms with van der Waals surface area (Å²) < 4.78 is 14.7. The minimum absolute atomic E-state index is 0.0182. The van der Waals surface area contributed by atoms with Crippen LogP contribution < -0.4 is 10.1 Å². The summed E-state index contributed by atoms with van der Waals surface area (Å²) in [5.74, 6) is -1.86. The number of benzene rings is 1. The second kappa shape index (κ2) is 11.3. The lowest BCUT2D eigenvalue weighted by Crippen LogP contribution is -2.30. The molecule has 0 bridgehead atoms. The van der Waals surface area contributed by atoms with Gasteiger partial charge in [0, 0.05) is 18.0 Å². The van der Waals surface area contributed by atoms with Gasteiger partial charge in [-0.3, -0.25) is 4.79 Å². The molecule has 1 aromatic rings. The van der Waals surface area contributed by atoms with Crippen LogP contribution in [0.3, 0.4) is 0 Å². The van der Waals surface area contributed by atoms with Gasteiger partial charge in [-0.25, -0.2) is 9.59 Å². The molecule has 0 aromatic heterocycles. The molecule has 0 unspecified atom stereocenters. The molecule has 0 aliphatic rings. The predicted molar refractivity (Wildman–Crippen MR) is 90.9 cm³/mol. The van der Waals surface area contributed by atoms with Gasteiger partial charge < -0.3 is 19.5 Å². The van der Waals surface area contributed by atoms with E-state index in [4.69, 9.17) is 10.3 Å². The molecular weight excluding hydrogens is 344 g/mol. The highest BCUT2D eigenvalue weighted by Gasteiger charge is 2.23. The molecule has 0 saturated carbocycles. The number of nitrogens with one attached hydrogen (secondary N) is 1. The number of unbranched alkanes of at least 4 members (excludes halogenated alkanes) is 1. The summed E-state index contributed by atoms with van der Waals surface area (Å²) in [5, 5.41) is 6.02. The number of azide groups is 1. The third-order valence-electron chi connectivity index (χ3n) is 3.25. The van der Waals surface area contributed by atoms with E-state index >= 15 is 0 Å². The molecule has 0 spiro atoms. The fraction of sp³-hybridized carbons (Fsp3) is 0.438. The number of ether oxygens (including phenoxy) is 3. The smallest absolute Gasteiger partial charge is 0.342 e. The van der Waals surface area contributed by atoms with Crippen LogP contribution in [0.5, 0.6) is 5.75 Å². The minimum atomic E-state index is -0.778. The Morgan fingerprint density at radius 2 is 1.88 bits per heavy atom. The minimum Gasteiger partial charge on any atom is -0.483 e. The number of methoxy groups -OCH3 is 2. The lowest BCUT2D eigenvalue weighted by atomic mass is 10.1. The molecule has 1 rings (SSSR count). The van der Waals surface area contributed by atoms with Crippen molar-refractivity contribution >= 4 is 17.8 Å². The van der Waals surface area contributed by atoms with E-state index in [2.05, 4.69) is 24.8 Å². The lowest BCUT2D eigenvalue weighted by molar-refractivity contribution is -0.123. The quantitative estimate of drug-likeness (QED) is 0.221. The molecule has 0 heterocycles. The number of carbonyl (C=O) groups is 3. The summed E-state index contributed by atoms with van der Waals surface area (Å²) in [6.07, 6.45) is 1.30. The Hall–Kier alpha value is -3.26. The Morgan fingerprint density at radius 3 is 2.54 bits per heavy atom. The molecular formula is C16H20N4O6. The third-order valence-corrected chi connectivity index (χ3v) is 3.25. The van der Waals surface area contributed by atoms with Crippen molar-refractivity contribution in [2.45, 2.75) is 12.8 Å². The van der Waals surface area contributed by atoms with Gasteiger partial charge in [-0.15, -0.1) is 0 Å². The van der Waals surface area contributed by atoms with Crippen molar-refractivity contribution in [2.24, 2.45) is 5.11 Å². The monoisotopic (exact) mass is 364 g/mol. The summed E-state index contributed by atoms with van der Waals surface area (Å²) in [6, 6.07) is 4.35. The number of rotatable bonds is 10. The Morgan fingerprint density at radius 1 is 1.15 bits per heavy atom. The normalized spacial score (nSPS) is 9.62. The number of hydrogen-bond donors (Lipinski definition) is 1. The standard InChI is InChI=1S/C16H20N4O6/c1-24-15(22)11-6-5-7-12(14(11)16(23)25-2)26-10-13(21)18-8-3-4-9-19-20-17/h5-7H,3-4,8-10H2,1-2H3,(H,18,21). The average molecular weight is 364 g/mol. The van der Waals surface area contributed by atoms with Crippen LogP contribution in [-0.2, 0) is 14.3 Å². The second-order valence-corrected chi connectivity index (χ2v) is 4.96. The van der Waals surface area contributed by atoms with E-state index < -0.39 is 17.8 Å². The number of esters is 2. The maximum absolute atomic E-state index is 12.0. The molecule has 0 aliphatic carbocycles. The van der Waals surface area contributed by atoms with Crippen LogP contribution in [0.4, 0.5) is 0 Å². The van der Waals surface area contributed by atoms with Crippen LogP contribution in [0.1, 0.15) is 33.6 Å². The van der Waals surface area contributed by atoms with Crippen LogP contribution in [0.25, 0.3) is 10.4 Å². The summed E-state index contributed by atoms with van der Waals surface area (Å²) in [7, 11) is 2.36. The van der Waals surface area contributed by atoms with E-state index in [0.29, 0.717) is 25.9 Å².